The predicted molar refractivity (Wildman–Crippen MR) is 79.9 cm³/mol. The van der Waals surface area contributed by atoms with Gasteiger partial charge in [0.2, 0.25) is 5.78 Å². The van der Waals surface area contributed by atoms with Gasteiger partial charge in [0.05, 0.1) is 11.9 Å². The Bertz CT molecular complexity index is 682. The van der Waals surface area contributed by atoms with Crippen molar-refractivity contribution >= 4 is 34.7 Å². The zero-order valence-corrected chi connectivity index (χ0v) is 11.5. The number of carbonyl (C=O) groups excluding carboxylic acids is 2. The number of rotatable bonds is 4. The van der Waals surface area contributed by atoms with Crippen molar-refractivity contribution in [2.24, 2.45) is 0 Å². The molecule has 2 N–H and O–H groups in total. The van der Waals surface area contributed by atoms with Gasteiger partial charge < -0.3 is 10.4 Å². The maximum absolute atomic E-state index is 11.7. The van der Waals surface area contributed by atoms with E-state index < -0.39 is 11.7 Å². The number of carbonyl (C=O) groups is 2. The summed E-state index contributed by atoms with van der Waals surface area (Å²) in [6.07, 6.45) is 3.81. The number of aromatic nitrogens is 1. The molecule has 0 bridgehead atoms. The standard InChI is InChI=1S/C15H11ClN2O3/c16-11-5-3-10(4-6-11)13(19)8-14(20)15(21)18-12-2-1-7-17-9-12/h1-9,19H,(H,18,21)/b13-8-. The summed E-state index contributed by atoms with van der Waals surface area (Å²) in [5.41, 5.74) is 0.789. The van der Waals surface area contributed by atoms with Gasteiger partial charge in [-0.25, -0.2) is 0 Å². The number of hydrogen-bond donors (Lipinski definition) is 2. The van der Waals surface area contributed by atoms with Gasteiger partial charge in [-0.3, -0.25) is 14.6 Å². The average Bonchev–Trinajstić information content (AvgIpc) is 2.48. The van der Waals surface area contributed by atoms with E-state index in [0.29, 0.717) is 16.3 Å². The number of benzene rings is 1. The van der Waals surface area contributed by atoms with Gasteiger partial charge in [-0.1, -0.05) is 11.6 Å². The molecule has 0 radical (unpaired) electrons. The van der Waals surface area contributed by atoms with Crippen molar-refractivity contribution in [3.05, 3.63) is 65.5 Å². The molecule has 0 aliphatic carbocycles. The topological polar surface area (TPSA) is 79.3 Å². The molecule has 0 unspecified atom stereocenters. The van der Waals surface area contributed by atoms with Crippen molar-refractivity contribution in [1.82, 2.24) is 4.98 Å². The van der Waals surface area contributed by atoms with Crippen LogP contribution in [0, 0.1) is 0 Å². The van der Waals surface area contributed by atoms with Crippen molar-refractivity contribution in [3.8, 4) is 0 Å². The van der Waals surface area contributed by atoms with E-state index in [2.05, 4.69) is 10.3 Å². The van der Waals surface area contributed by atoms with Crippen LogP contribution in [0.4, 0.5) is 5.69 Å². The number of aliphatic hydroxyl groups is 1. The predicted octanol–water partition coefficient (Wildman–Crippen LogP) is 2.84. The average molecular weight is 303 g/mol. The second-order valence-electron chi connectivity index (χ2n) is 4.10. The Hall–Kier alpha value is -2.66. The smallest absolute Gasteiger partial charge is 0.296 e. The van der Waals surface area contributed by atoms with Gasteiger partial charge in [0.15, 0.2) is 0 Å². The minimum atomic E-state index is -0.869. The summed E-state index contributed by atoms with van der Waals surface area (Å²) in [5, 5.41) is 12.7. The molecule has 0 fully saturated rings. The molecule has 1 aromatic carbocycles. The Morgan fingerprint density at radius 2 is 1.90 bits per heavy atom. The third kappa shape index (κ3) is 4.15. The second-order valence-corrected chi connectivity index (χ2v) is 4.53. The minimum absolute atomic E-state index is 0.307. The van der Waals surface area contributed by atoms with Crippen LogP contribution in [0.25, 0.3) is 5.76 Å². The summed E-state index contributed by atoms with van der Waals surface area (Å²) < 4.78 is 0. The molecule has 2 rings (SSSR count). The van der Waals surface area contributed by atoms with Gasteiger partial charge in [0.1, 0.15) is 5.76 Å². The molecule has 2 aromatic rings. The van der Waals surface area contributed by atoms with Crippen molar-refractivity contribution in [2.75, 3.05) is 5.32 Å². The first-order valence-electron chi connectivity index (χ1n) is 5.98. The monoisotopic (exact) mass is 302 g/mol. The fourth-order valence-electron chi connectivity index (χ4n) is 1.52. The van der Waals surface area contributed by atoms with Gasteiger partial charge in [-0.15, -0.1) is 0 Å². The number of aliphatic hydroxyl groups excluding tert-OH is 1. The number of anilines is 1. The van der Waals surface area contributed by atoms with Gasteiger partial charge in [-0.05, 0) is 36.4 Å². The summed E-state index contributed by atoms with van der Waals surface area (Å²) in [7, 11) is 0. The summed E-state index contributed by atoms with van der Waals surface area (Å²) in [6.45, 7) is 0. The quantitative estimate of drug-likeness (QED) is 0.517. The summed E-state index contributed by atoms with van der Waals surface area (Å²) in [4.78, 5) is 27.2. The SMILES string of the molecule is O=C(/C=C(\O)c1ccc(Cl)cc1)C(=O)Nc1cccnc1. The van der Waals surface area contributed by atoms with Gasteiger partial charge in [0.25, 0.3) is 5.91 Å². The van der Waals surface area contributed by atoms with Crippen LogP contribution in [-0.2, 0) is 9.59 Å². The van der Waals surface area contributed by atoms with Crippen LogP contribution in [0.2, 0.25) is 5.02 Å². The van der Waals surface area contributed by atoms with E-state index in [9.17, 15) is 14.7 Å². The normalized spacial score (nSPS) is 11.0. The largest absolute Gasteiger partial charge is 0.507 e. The zero-order chi connectivity index (χ0) is 15.2. The van der Waals surface area contributed by atoms with Crippen LogP contribution in [0.15, 0.2) is 54.9 Å². The summed E-state index contributed by atoms with van der Waals surface area (Å²) in [5.74, 6) is -2.03. The van der Waals surface area contributed by atoms with Gasteiger partial charge in [-0.2, -0.15) is 0 Å². The lowest BCUT2D eigenvalue weighted by Gasteiger charge is -2.02. The van der Waals surface area contributed by atoms with Gasteiger partial charge in [0, 0.05) is 22.9 Å². The van der Waals surface area contributed by atoms with Crippen LogP contribution in [0.5, 0.6) is 0 Å². The Kier molecular flexibility index (Phi) is 4.68. The second kappa shape index (κ2) is 6.67. The maximum Gasteiger partial charge on any atom is 0.296 e. The number of nitrogens with zero attached hydrogens (tertiary/aromatic N) is 1. The van der Waals surface area contributed by atoms with Crippen molar-refractivity contribution in [3.63, 3.8) is 0 Å². The first-order chi connectivity index (χ1) is 10.1. The van der Waals surface area contributed by atoms with E-state index in [1.165, 1.54) is 6.20 Å². The molecule has 106 valence electrons. The summed E-state index contributed by atoms with van der Waals surface area (Å²) in [6, 6.07) is 9.45. The molecule has 21 heavy (non-hydrogen) atoms. The Labute approximate surface area is 125 Å². The van der Waals surface area contributed by atoms with Crippen molar-refractivity contribution in [2.45, 2.75) is 0 Å². The molecule has 0 saturated heterocycles. The lowest BCUT2D eigenvalue weighted by Crippen LogP contribution is -2.21. The Morgan fingerprint density at radius 1 is 1.19 bits per heavy atom. The molecule has 6 heteroatoms. The third-order valence-electron chi connectivity index (χ3n) is 2.55. The van der Waals surface area contributed by atoms with E-state index in [-0.39, 0.29) is 5.76 Å². The lowest BCUT2D eigenvalue weighted by molar-refractivity contribution is -0.131. The highest BCUT2D eigenvalue weighted by Gasteiger charge is 2.13. The maximum atomic E-state index is 11.7. The van der Waals surface area contributed by atoms with E-state index in [0.717, 1.165) is 6.08 Å². The van der Waals surface area contributed by atoms with E-state index >= 15 is 0 Å². The van der Waals surface area contributed by atoms with Crippen LogP contribution in [-0.4, -0.2) is 21.8 Å². The fraction of sp³-hybridized carbons (Fsp3) is 0. The van der Waals surface area contributed by atoms with Crippen molar-refractivity contribution < 1.29 is 14.7 Å². The molecule has 0 atom stereocenters. The first-order valence-corrected chi connectivity index (χ1v) is 6.36. The number of halogens is 1. The van der Waals surface area contributed by atoms with E-state index in [1.807, 2.05) is 0 Å². The minimum Gasteiger partial charge on any atom is -0.507 e. The molecular formula is C15H11ClN2O3. The van der Waals surface area contributed by atoms with Crippen LogP contribution in [0.3, 0.4) is 0 Å². The first kappa shape index (κ1) is 14.7. The Morgan fingerprint density at radius 3 is 2.52 bits per heavy atom. The molecular weight excluding hydrogens is 292 g/mol. The summed E-state index contributed by atoms with van der Waals surface area (Å²) >= 11 is 5.72. The highest BCUT2D eigenvalue weighted by Crippen LogP contribution is 2.15. The number of amides is 1. The Balaban J connectivity index is 2.07. The molecule has 0 saturated carbocycles. The third-order valence-corrected chi connectivity index (χ3v) is 2.80. The molecule has 5 nitrogen and oxygen atoms in total. The fourth-order valence-corrected chi connectivity index (χ4v) is 1.65. The number of pyridine rings is 1. The molecule has 1 aromatic heterocycles. The number of ketones is 1. The van der Waals surface area contributed by atoms with Gasteiger partial charge >= 0.3 is 0 Å². The zero-order valence-electron chi connectivity index (χ0n) is 10.8. The molecule has 0 spiro atoms. The highest BCUT2D eigenvalue weighted by molar-refractivity contribution is 6.45. The van der Waals surface area contributed by atoms with Crippen LogP contribution >= 0.6 is 11.6 Å². The highest BCUT2D eigenvalue weighted by atomic mass is 35.5. The number of hydrogen-bond acceptors (Lipinski definition) is 4. The molecule has 1 heterocycles. The molecule has 1 amide bonds. The van der Waals surface area contributed by atoms with E-state index in [4.69, 9.17) is 11.6 Å². The molecule has 0 aliphatic rings. The van der Waals surface area contributed by atoms with Crippen LogP contribution < -0.4 is 5.32 Å². The molecule has 0 aliphatic heterocycles. The van der Waals surface area contributed by atoms with Crippen LogP contribution in [0.1, 0.15) is 5.56 Å². The number of nitrogens with one attached hydrogen (secondary N) is 1. The lowest BCUT2D eigenvalue weighted by atomic mass is 10.1. The van der Waals surface area contributed by atoms with E-state index in [1.54, 1.807) is 42.6 Å². The van der Waals surface area contributed by atoms with Crippen molar-refractivity contribution in [1.29, 1.82) is 0 Å².